The van der Waals surface area contributed by atoms with Crippen LogP contribution in [0.5, 0.6) is 11.5 Å². The molecule has 0 fully saturated rings. The predicted octanol–water partition coefficient (Wildman–Crippen LogP) is 4.85. The fraction of sp³-hybridized carbons (Fsp3) is 0.250. The minimum absolute atomic E-state index is 0.0881. The summed E-state index contributed by atoms with van der Waals surface area (Å²) in [5.41, 5.74) is 0.753. The minimum Gasteiger partial charge on any atom is -0.491 e. The van der Waals surface area contributed by atoms with E-state index >= 15 is 0 Å². The van der Waals surface area contributed by atoms with E-state index in [0.29, 0.717) is 16.5 Å². The summed E-state index contributed by atoms with van der Waals surface area (Å²) in [5.74, 6) is 0.966. The number of hydrogen-bond donors (Lipinski definition) is 0. The van der Waals surface area contributed by atoms with Crippen LogP contribution in [0.15, 0.2) is 42.5 Å². The Labute approximate surface area is 123 Å². The van der Waals surface area contributed by atoms with Gasteiger partial charge in [0.1, 0.15) is 23.9 Å². The molecule has 2 rings (SSSR count). The second-order valence-corrected chi connectivity index (χ2v) is 5.08. The van der Waals surface area contributed by atoms with E-state index in [-0.39, 0.29) is 18.5 Å². The van der Waals surface area contributed by atoms with Gasteiger partial charge in [0.05, 0.1) is 11.1 Å². The molecule has 0 aliphatic carbocycles. The second kappa shape index (κ2) is 6.62. The number of ether oxygens (including phenoxy) is 2. The summed E-state index contributed by atoms with van der Waals surface area (Å²) in [5, 5.41) is 0.472. The molecule has 2 aromatic carbocycles. The Morgan fingerprint density at radius 3 is 2.60 bits per heavy atom. The zero-order chi connectivity index (χ0) is 14.5. The highest BCUT2D eigenvalue weighted by molar-refractivity contribution is 6.32. The van der Waals surface area contributed by atoms with Crippen LogP contribution < -0.4 is 9.47 Å². The maximum absolute atomic E-state index is 13.0. The van der Waals surface area contributed by atoms with E-state index in [1.807, 2.05) is 13.8 Å². The van der Waals surface area contributed by atoms with Crippen molar-refractivity contribution in [1.82, 2.24) is 0 Å². The van der Waals surface area contributed by atoms with E-state index in [9.17, 15) is 4.39 Å². The van der Waals surface area contributed by atoms with E-state index in [4.69, 9.17) is 21.1 Å². The first-order valence-corrected chi connectivity index (χ1v) is 6.76. The number of halogens is 2. The number of hydrogen-bond acceptors (Lipinski definition) is 2. The predicted molar refractivity (Wildman–Crippen MR) is 77.9 cm³/mol. The molecular weight excluding hydrogens is 279 g/mol. The van der Waals surface area contributed by atoms with Crippen LogP contribution in [0.25, 0.3) is 0 Å². The summed E-state index contributed by atoms with van der Waals surface area (Å²) in [7, 11) is 0. The Hall–Kier alpha value is -1.74. The van der Waals surface area contributed by atoms with Gasteiger partial charge < -0.3 is 9.47 Å². The van der Waals surface area contributed by atoms with Gasteiger partial charge in [-0.3, -0.25) is 0 Å². The van der Waals surface area contributed by atoms with Crippen LogP contribution in [0.2, 0.25) is 5.02 Å². The van der Waals surface area contributed by atoms with Crippen LogP contribution in [0.4, 0.5) is 4.39 Å². The quantitative estimate of drug-likeness (QED) is 0.785. The lowest BCUT2D eigenvalue weighted by molar-refractivity contribution is 0.241. The number of benzene rings is 2. The van der Waals surface area contributed by atoms with E-state index in [1.165, 1.54) is 12.1 Å². The van der Waals surface area contributed by atoms with Crippen LogP contribution in [0.3, 0.4) is 0 Å². The Kier molecular flexibility index (Phi) is 4.85. The summed E-state index contributed by atoms with van der Waals surface area (Å²) in [4.78, 5) is 0. The van der Waals surface area contributed by atoms with Gasteiger partial charge in [-0.05, 0) is 43.7 Å². The molecule has 0 aliphatic heterocycles. The molecule has 0 aromatic heterocycles. The summed E-state index contributed by atoms with van der Waals surface area (Å²) in [6.07, 6.45) is 0.0881. The Morgan fingerprint density at radius 2 is 1.95 bits per heavy atom. The van der Waals surface area contributed by atoms with Crippen molar-refractivity contribution in [3.8, 4) is 11.5 Å². The minimum atomic E-state index is -0.280. The van der Waals surface area contributed by atoms with Gasteiger partial charge in [-0.25, -0.2) is 4.39 Å². The molecule has 0 unspecified atom stereocenters. The molecular formula is C16H16ClFO2. The highest BCUT2D eigenvalue weighted by Crippen LogP contribution is 2.29. The highest BCUT2D eigenvalue weighted by Gasteiger charge is 2.06. The van der Waals surface area contributed by atoms with E-state index in [1.54, 1.807) is 30.3 Å². The van der Waals surface area contributed by atoms with Crippen molar-refractivity contribution in [3.63, 3.8) is 0 Å². The fourth-order valence-electron chi connectivity index (χ4n) is 1.73. The molecule has 0 aliphatic rings. The van der Waals surface area contributed by atoms with Crippen molar-refractivity contribution >= 4 is 11.6 Å². The zero-order valence-corrected chi connectivity index (χ0v) is 12.2. The third-order valence-electron chi connectivity index (χ3n) is 2.56. The van der Waals surface area contributed by atoms with Gasteiger partial charge >= 0.3 is 0 Å². The lowest BCUT2D eigenvalue weighted by atomic mass is 10.2. The Bertz CT molecular complexity index is 584. The van der Waals surface area contributed by atoms with Gasteiger partial charge in [0.25, 0.3) is 0 Å². The van der Waals surface area contributed by atoms with Gasteiger partial charge in [-0.2, -0.15) is 0 Å². The molecule has 0 atom stereocenters. The maximum atomic E-state index is 13.0. The summed E-state index contributed by atoms with van der Waals surface area (Å²) in [6.45, 7) is 4.16. The van der Waals surface area contributed by atoms with Crippen LogP contribution >= 0.6 is 11.6 Å². The van der Waals surface area contributed by atoms with Crippen molar-refractivity contribution in [2.24, 2.45) is 0 Å². The van der Waals surface area contributed by atoms with Gasteiger partial charge in [-0.1, -0.05) is 23.7 Å². The van der Waals surface area contributed by atoms with Crippen molar-refractivity contribution < 1.29 is 13.9 Å². The van der Waals surface area contributed by atoms with Gasteiger partial charge in [-0.15, -0.1) is 0 Å². The summed E-state index contributed by atoms with van der Waals surface area (Å²) in [6, 6.07) is 11.5. The topological polar surface area (TPSA) is 18.5 Å². The van der Waals surface area contributed by atoms with Crippen molar-refractivity contribution in [1.29, 1.82) is 0 Å². The monoisotopic (exact) mass is 294 g/mol. The lowest BCUT2D eigenvalue weighted by Gasteiger charge is -2.12. The maximum Gasteiger partial charge on any atom is 0.138 e. The molecule has 0 N–H and O–H groups in total. The Morgan fingerprint density at radius 1 is 1.15 bits per heavy atom. The Balaban J connectivity index is 2.03. The molecule has 2 nitrogen and oxygen atoms in total. The fourth-order valence-corrected chi connectivity index (χ4v) is 1.96. The standard InChI is InChI=1S/C16H16ClFO2/c1-11(2)20-14-6-7-16(15(17)9-14)19-10-12-4-3-5-13(18)8-12/h3-9,11H,10H2,1-2H3. The molecule has 4 heteroatoms. The molecule has 0 spiro atoms. The molecule has 0 heterocycles. The van der Waals surface area contributed by atoms with Crippen molar-refractivity contribution in [2.45, 2.75) is 26.6 Å². The molecule has 2 aromatic rings. The third kappa shape index (κ3) is 4.14. The number of rotatable bonds is 5. The summed E-state index contributed by atoms with van der Waals surface area (Å²) >= 11 is 6.13. The van der Waals surface area contributed by atoms with Crippen molar-refractivity contribution in [3.05, 3.63) is 58.9 Å². The third-order valence-corrected chi connectivity index (χ3v) is 2.85. The normalized spacial score (nSPS) is 10.7. The SMILES string of the molecule is CC(C)Oc1ccc(OCc2cccc(F)c2)c(Cl)c1. The molecule has 0 amide bonds. The van der Waals surface area contributed by atoms with Crippen LogP contribution in [0.1, 0.15) is 19.4 Å². The van der Waals surface area contributed by atoms with Gasteiger partial charge in [0, 0.05) is 6.07 Å². The molecule has 0 radical (unpaired) electrons. The lowest BCUT2D eigenvalue weighted by Crippen LogP contribution is -2.05. The second-order valence-electron chi connectivity index (χ2n) is 4.68. The molecule has 0 saturated heterocycles. The summed E-state index contributed by atoms with van der Waals surface area (Å²) < 4.78 is 24.2. The highest BCUT2D eigenvalue weighted by atomic mass is 35.5. The van der Waals surface area contributed by atoms with Crippen molar-refractivity contribution in [2.75, 3.05) is 0 Å². The first-order chi connectivity index (χ1) is 9.54. The van der Waals surface area contributed by atoms with E-state index < -0.39 is 0 Å². The van der Waals surface area contributed by atoms with Crippen LogP contribution in [-0.2, 0) is 6.61 Å². The largest absolute Gasteiger partial charge is 0.491 e. The zero-order valence-electron chi connectivity index (χ0n) is 11.4. The van der Waals surface area contributed by atoms with Crippen LogP contribution in [0, 0.1) is 5.82 Å². The molecule has 0 saturated carbocycles. The van der Waals surface area contributed by atoms with Crippen LogP contribution in [-0.4, -0.2) is 6.10 Å². The first-order valence-electron chi connectivity index (χ1n) is 6.38. The molecule has 106 valence electrons. The van der Waals surface area contributed by atoms with E-state index in [0.717, 1.165) is 5.56 Å². The smallest absolute Gasteiger partial charge is 0.138 e. The van der Waals surface area contributed by atoms with Gasteiger partial charge in [0.15, 0.2) is 0 Å². The van der Waals surface area contributed by atoms with E-state index in [2.05, 4.69) is 0 Å². The molecule has 0 bridgehead atoms. The van der Waals surface area contributed by atoms with Gasteiger partial charge in [0.2, 0.25) is 0 Å². The first kappa shape index (κ1) is 14.7. The average molecular weight is 295 g/mol. The molecule has 20 heavy (non-hydrogen) atoms. The average Bonchev–Trinajstić information content (AvgIpc) is 2.37.